The number of amides is 2. The minimum atomic E-state index is -0.388. The summed E-state index contributed by atoms with van der Waals surface area (Å²) in [5.74, 6) is 1.69. The Kier molecular flexibility index (Phi) is 5.29. The van der Waals surface area contributed by atoms with Crippen LogP contribution in [-0.2, 0) is 18.4 Å². The molecule has 8 heteroatoms. The van der Waals surface area contributed by atoms with E-state index >= 15 is 0 Å². The van der Waals surface area contributed by atoms with E-state index in [9.17, 15) is 9.59 Å². The summed E-state index contributed by atoms with van der Waals surface area (Å²) in [6.07, 6.45) is 0. The number of aryl methyl sites for hydroxylation is 1. The van der Waals surface area contributed by atoms with E-state index in [1.807, 2.05) is 78.3 Å². The summed E-state index contributed by atoms with van der Waals surface area (Å²) in [4.78, 5) is 28.4. The predicted molar refractivity (Wildman–Crippen MR) is 133 cm³/mol. The van der Waals surface area contributed by atoms with Crippen molar-refractivity contribution < 1.29 is 23.8 Å². The van der Waals surface area contributed by atoms with Crippen LogP contribution in [0.15, 0.2) is 66.7 Å². The molecular weight excluding hydrogens is 458 g/mol. The molecule has 0 unspecified atom stereocenters. The van der Waals surface area contributed by atoms with E-state index in [0.717, 1.165) is 33.3 Å². The molecule has 0 saturated carbocycles. The maximum Gasteiger partial charge on any atom is 0.272 e. The summed E-state index contributed by atoms with van der Waals surface area (Å²) >= 11 is 0. The Morgan fingerprint density at radius 3 is 2.64 bits per heavy atom. The Morgan fingerprint density at radius 2 is 1.83 bits per heavy atom. The van der Waals surface area contributed by atoms with E-state index in [-0.39, 0.29) is 31.2 Å². The van der Waals surface area contributed by atoms with Gasteiger partial charge in [-0.1, -0.05) is 36.4 Å². The van der Waals surface area contributed by atoms with Gasteiger partial charge in [0.05, 0.1) is 13.2 Å². The quantitative estimate of drug-likeness (QED) is 0.452. The van der Waals surface area contributed by atoms with Crippen LogP contribution in [0.5, 0.6) is 17.2 Å². The molecule has 1 N–H and O–H groups in total. The zero-order valence-corrected chi connectivity index (χ0v) is 20.0. The molecule has 3 aromatic carbocycles. The lowest BCUT2D eigenvalue weighted by molar-refractivity contribution is -0.122. The summed E-state index contributed by atoms with van der Waals surface area (Å²) < 4.78 is 18.0. The molecule has 4 aromatic rings. The molecule has 0 saturated heterocycles. The first-order chi connectivity index (χ1) is 17.5. The van der Waals surface area contributed by atoms with Crippen LogP contribution in [0.2, 0.25) is 0 Å². The lowest BCUT2D eigenvalue weighted by Crippen LogP contribution is -2.39. The van der Waals surface area contributed by atoms with Gasteiger partial charge in [-0.2, -0.15) is 0 Å². The lowest BCUT2D eigenvalue weighted by atomic mass is 9.98. The highest BCUT2D eigenvalue weighted by Crippen LogP contribution is 2.44. The monoisotopic (exact) mass is 483 g/mol. The molecule has 6 rings (SSSR count). The highest BCUT2D eigenvalue weighted by atomic mass is 16.7. The van der Waals surface area contributed by atoms with Gasteiger partial charge >= 0.3 is 0 Å². The van der Waals surface area contributed by atoms with E-state index in [4.69, 9.17) is 14.2 Å². The van der Waals surface area contributed by atoms with Gasteiger partial charge in [-0.3, -0.25) is 9.59 Å². The number of rotatable bonds is 6. The number of carbonyl (C=O) groups is 2. The molecule has 8 nitrogen and oxygen atoms in total. The molecule has 1 aromatic heterocycles. The molecule has 36 heavy (non-hydrogen) atoms. The van der Waals surface area contributed by atoms with Crippen molar-refractivity contribution in [2.24, 2.45) is 7.05 Å². The van der Waals surface area contributed by atoms with E-state index < -0.39 is 0 Å². The third-order valence-corrected chi connectivity index (χ3v) is 6.87. The Morgan fingerprint density at radius 1 is 1.06 bits per heavy atom. The maximum absolute atomic E-state index is 13.7. The van der Waals surface area contributed by atoms with Gasteiger partial charge in [-0.05, 0) is 41.5 Å². The van der Waals surface area contributed by atoms with Crippen molar-refractivity contribution in [1.29, 1.82) is 0 Å². The Hall–Kier alpha value is -4.46. The Balaban J connectivity index is 1.30. The number of hydrogen-bond acceptors (Lipinski definition) is 5. The highest BCUT2D eigenvalue weighted by Gasteiger charge is 2.42. The fourth-order valence-corrected chi connectivity index (χ4v) is 5.13. The van der Waals surface area contributed by atoms with Crippen LogP contribution in [0, 0.1) is 0 Å². The SMILES string of the molecule is COc1ccc([C@H]2c3c(n(C)c4ccccc34)C(=O)N2CC(=O)NCc2ccc3c(c2)OCO3)cc1. The number of hydrogen-bond donors (Lipinski definition) is 1. The zero-order valence-electron chi connectivity index (χ0n) is 20.0. The number of nitrogens with one attached hydrogen (secondary N) is 1. The molecule has 3 heterocycles. The first-order valence-electron chi connectivity index (χ1n) is 11.7. The lowest BCUT2D eigenvalue weighted by Gasteiger charge is -2.26. The molecule has 0 aliphatic carbocycles. The number of methoxy groups -OCH3 is 1. The Labute approximate surface area is 208 Å². The second-order valence-corrected chi connectivity index (χ2v) is 8.91. The van der Waals surface area contributed by atoms with Crippen molar-refractivity contribution in [3.63, 3.8) is 0 Å². The molecule has 1 atom stereocenters. The van der Waals surface area contributed by atoms with Crippen molar-refractivity contribution in [2.45, 2.75) is 12.6 Å². The average Bonchev–Trinajstić information content (AvgIpc) is 3.57. The van der Waals surface area contributed by atoms with Gasteiger partial charge in [0, 0.05) is 30.1 Å². The van der Waals surface area contributed by atoms with Crippen LogP contribution in [-0.4, -0.2) is 41.7 Å². The average molecular weight is 484 g/mol. The third kappa shape index (κ3) is 3.53. The number of nitrogens with zero attached hydrogens (tertiary/aromatic N) is 2. The van der Waals surface area contributed by atoms with Gasteiger partial charge in [0.15, 0.2) is 11.5 Å². The number of ether oxygens (including phenoxy) is 3. The fraction of sp³-hybridized carbons (Fsp3) is 0.214. The fourth-order valence-electron chi connectivity index (χ4n) is 5.13. The molecule has 2 amide bonds. The summed E-state index contributed by atoms with van der Waals surface area (Å²) in [5, 5.41) is 3.95. The van der Waals surface area contributed by atoms with Crippen LogP contribution in [0.25, 0.3) is 10.9 Å². The second-order valence-electron chi connectivity index (χ2n) is 8.91. The van der Waals surface area contributed by atoms with Crippen molar-refractivity contribution in [2.75, 3.05) is 20.4 Å². The smallest absolute Gasteiger partial charge is 0.272 e. The van der Waals surface area contributed by atoms with Crippen LogP contribution < -0.4 is 19.5 Å². The van der Waals surface area contributed by atoms with Gasteiger partial charge in [0.1, 0.15) is 18.0 Å². The molecular formula is C28H25N3O5. The summed E-state index contributed by atoms with van der Waals surface area (Å²) in [6.45, 7) is 0.452. The number of fused-ring (bicyclic) bond motifs is 4. The number of aromatic nitrogens is 1. The van der Waals surface area contributed by atoms with Crippen LogP contribution >= 0.6 is 0 Å². The summed E-state index contributed by atoms with van der Waals surface area (Å²) in [6, 6.07) is 20.8. The summed E-state index contributed by atoms with van der Waals surface area (Å²) in [5.41, 5.74) is 4.33. The second kappa shape index (κ2) is 8.64. The molecule has 0 bridgehead atoms. The standard InChI is InChI=1S/C28H25N3O5/c1-30-21-6-4-3-5-20(21)25-26(18-8-10-19(34-2)11-9-18)31(28(33)27(25)30)15-24(32)29-14-17-7-12-22-23(13-17)36-16-35-22/h3-13,26H,14-16H2,1-2H3,(H,29,32)/t26-/m0/s1. The number of benzene rings is 3. The molecule has 2 aliphatic rings. The van der Waals surface area contributed by atoms with E-state index in [2.05, 4.69) is 5.32 Å². The van der Waals surface area contributed by atoms with Crippen LogP contribution in [0.3, 0.4) is 0 Å². The van der Waals surface area contributed by atoms with Crippen LogP contribution in [0.4, 0.5) is 0 Å². The first-order valence-corrected chi connectivity index (χ1v) is 11.7. The van der Waals surface area contributed by atoms with E-state index in [0.29, 0.717) is 23.7 Å². The third-order valence-electron chi connectivity index (χ3n) is 6.87. The van der Waals surface area contributed by atoms with E-state index in [1.165, 1.54) is 0 Å². The topological polar surface area (TPSA) is 82.0 Å². The van der Waals surface area contributed by atoms with Gasteiger partial charge in [-0.25, -0.2) is 0 Å². The molecule has 0 spiro atoms. The van der Waals surface area contributed by atoms with Gasteiger partial charge in [-0.15, -0.1) is 0 Å². The van der Waals surface area contributed by atoms with Gasteiger partial charge in [0.2, 0.25) is 12.7 Å². The molecule has 2 aliphatic heterocycles. The van der Waals surface area contributed by atoms with Gasteiger partial charge in [0.25, 0.3) is 5.91 Å². The van der Waals surface area contributed by atoms with Gasteiger partial charge < -0.3 is 29.0 Å². The van der Waals surface area contributed by atoms with Crippen molar-refractivity contribution in [3.8, 4) is 17.2 Å². The number of carbonyl (C=O) groups excluding carboxylic acids is 2. The maximum atomic E-state index is 13.7. The van der Waals surface area contributed by atoms with Crippen molar-refractivity contribution in [3.05, 3.63) is 89.1 Å². The zero-order chi connectivity index (χ0) is 24.8. The number of para-hydroxylation sites is 1. The van der Waals surface area contributed by atoms with Crippen molar-refractivity contribution in [1.82, 2.24) is 14.8 Å². The normalized spacial score (nSPS) is 15.9. The first kappa shape index (κ1) is 22.0. The minimum absolute atomic E-state index is 0.0664. The molecule has 0 fully saturated rings. The highest BCUT2D eigenvalue weighted by molar-refractivity contribution is 6.07. The predicted octanol–water partition coefficient (Wildman–Crippen LogP) is 3.78. The molecule has 0 radical (unpaired) electrons. The van der Waals surface area contributed by atoms with E-state index in [1.54, 1.807) is 12.0 Å². The Bertz CT molecular complexity index is 1490. The minimum Gasteiger partial charge on any atom is -0.497 e. The summed E-state index contributed by atoms with van der Waals surface area (Å²) in [7, 11) is 3.51. The van der Waals surface area contributed by atoms with Crippen LogP contribution in [0.1, 0.15) is 33.2 Å². The van der Waals surface area contributed by atoms with Crippen molar-refractivity contribution >= 4 is 22.7 Å². The largest absolute Gasteiger partial charge is 0.497 e. The molecule has 182 valence electrons.